The maximum Gasteiger partial charge on any atom is 0.300 e. The zero-order valence-electron chi connectivity index (χ0n) is 7.51. The average molecular weight is 310 g/mol. The smallest absolute Gasteiger partial charge is 0.280 e. The van der Waals surface area contributed by atoms with Crippen LogP contribution < -0.4 is 16.1 Å². The molecule has 1 amide bonds. The third-order valence-electron chi connectivity index (χ3n) is 1.27. The van der Waals surface area contributed by atoms with Crippen LogP contribution in [0.1, 0.15) is 4.88 Å². The highest BCUT2D eigenvalue weighted by Gasteiger charge is 2.09. The largest absolute Gasteiger partial charge is 0.300 e. The normalized spacial score (nSPS) is 11.9. The first-order valence-electron chi connectivity index (χ1n) is 3.78. The molecule has 0 spiro atoms. The molecule has 0 aliphatic rings. The topological polar surface area (TPSA) is 98.2 Å². The summed E-state index contributed by atoms with van der Waals surface area (Å²) < 4.78 is 11.8. The van der Waals surface area contributed by atoms with Crippen molar-refractivity contribution in [3.8, 4) is 0 Å². The van der Waals surface area contributed by atoms with Gasteiger partial charge in [-0.2, -0.15) is 0 Å². The molecule has 0 radical (unpaired) electrons. The summed E-state index contributed by atoms with van der Waals surface area (Å²) in [6, 6.07) is 1.85. The number of thiophene rings is 1. The van der Waals surface area contributed by atoms with E-state index in [0.29, 0.717) is 0 Å². The summed E-state index contributed by atoms with van der Waals surface area (Å²) in [7, 11) is -3.49. The van der Waals surface area contributed by atoms with Gasteiger partial charge in [0.05, 0.1) is 0 Å². The maximum absolute atomic E-state index is 11.1. The number of carbonyl (C=O) groups excluding carboxylic acids is 1. The van der Waals surface area contributed by atoms with E-state index in [1.165, 1.54) is 17.4 Å². The highest BCUT2D eigenvalue weighted by Crippen LogP contribution is 2.21. The molecule has 5 N–H and O–H groups in total. The van der Waals surface area contributed by atoms with Crippen LogP contribution in [0.2, 0.25) is 0 Å². The fourth-order valence-corrected chi connectivity index (χ4v) is 2.54. The lowest BCUT2D eigenvalue weighted by Crippen LogP contribution is -2.26. The molecule has 0 bridgehead atoms. The second kappa shape index (κ2) is 5.05. The Hall–Kier alpha value is -0.460. The molecule has 8 heteroatoms. The van der Waals surface area contributed by atoms with Crippen LogP contribution in [-0.4, -0.2) is 5.91 Å². The molecule has 5 nitrogen and oxygen atoms in total. The lowest BCUT2D eigenvalue weighted by Gasteiger charge is -2.04. The van der Waals surface area contributed by atoms with Crippen LogP contribution in [0.15, 0.2) is 22.0 Å². The van der Waals surface area contributed by atoms with Gasteiger partial charge in [-0.25, -0.2) is 0 Å². The van der Waals surface area contributed by atoms with Gasteiger partial charge in [-0.1, -0.05) is 0 Å². The van der Waals surface area contributed by atoms with Crippen molar-refractivity contribution in [3.63, 3.8) is 0 Å². The minimum atomic E-state index is -3.49. The van der Waals surface area contributed by atoms with Crippen LogP contribution in [0.4, 0.5) is 0 Å². The van der Waals surface area contributed by atoms with Gasteiger partial charge in [0.25, 0.3) is 5.91 Å². The molecular weight excluding hydrogens is 301 g/mol. The van der Waals surface area contributed by atoms with Gasteiger partial charge in [0.15, 0.2) is 0 Å². The number of rotatable bonds is 3. The van der Waals surface area contributed by atoms with E-state index in [1.807, 2.05) is 16.5 Å². The molecule has 0 saturated carbocycles. The van der Waals surface area contributed by atoms with Crippen molar-refractivity contribution < 1.29 is 9.36 Å². The molecule has 1 rings (SSSR count). The van der Waals surface area contributed by atoms with E-state index in [0.717, 1.165) is 9.35 Å². The summed E-state index contributed by atoms with van der Waals surface area (Å²) in [5.41, 5.74) is 9.94. The second-order valence-corrected chi connectivity index (χ2v) is 6.19. The lowest BCUT2D eigenvalue weighted by molar-refractivity contribution is -0.114. The third-order valence-corrected chi connectivity index (χ3v) is 3.50. The molecule has 0 unspecified atom stereocenters. The molecular formula is C7H9BrN3O2PS. The van der Waals surface area contributed by atoms with Crippen molar-refractivity contribution in [2.45, 2.75) is 0 Å². The minimum absolute atomic E-state index is 0.576. The summed E-state index contributed by atoms with van der Waals surface area (Å²) in [6.07, 6.45) is 2.81. The van der Waals surface area contributed by atoms with E-state index in [1.54, 1.807) is 6.08 Å². The highest BCUT2D eigenvalue weighted by atomic mass is 79.9. The zero-order chi connectivity index (χ0) is 11.5. The molecule has 1 aromatic heterocycles. The van der Waals surface area contributed by atoms with Crippen LogP contribution in [0.5, 0.6) is 0 Å². The number of amides is 1. The number of hydrogen-bond acceptors (Lipinski definition) is 3. The van der Waals surface area contributed by atoms with E-state index in [9.17, 15) is 9.36 Å². The number of carbonyl (C=O) groups is 1. The first-order valence-corrected chi connectivity index (χ1v) is 7.30. The summed E-state index contributed by atoms with van der Waals surface area (Å²) >= 11 is 4.74. The molecule has 0 aliphatic heterocycles. The van der Waals surface area contributed by atoms with Crippen molar-refractivity contribution >= 4 is 46.8 Å². The molecule has 0 aromatic carbocycles. The quantitative estimate of drug-likeness (QED) is 0.584. The Kier molecular flexibility index (Phi) is 4.24. The van der Waals surface area contributed by atoms with Gasteiger partial charge in [0.2, 0.25) is 0 Å². The standard InChI is InChI=1S/C7H9BrN3O2PS/c8-5-3-6(15-4-5)1-2-7(12)11-14(9,10)13/h1-4H,(H5,9,10,11,12,13). The molecule has 0 fully saturated rings. The summed E-state index contributed by atoms with van der Waals surface area (Å²) in [5.74, 6) is -0.576. The molecule has 0 aliphatic carbocycles. The zero-order valence-corrected chi connectivity index (χ0v) is 10.8. The molecule has 0 saturated heterocycles. The van der Waals surface area contributed by atoms with E-state index in [4.69, 9.17) is 11.0 Å². The van der Waals surface area contributed by atoms with Crippen molar-refractivity contribution in [1.29, 1.82) is 0 Å². The molecule has 1 aromatic rings. The monoisotopic (exact) mass is 309 g/mol. The predicted molar refractivity (Wildman–Crippen MR) is 65.2 cm³/mol. The number of nitrogens with one attached hydrogen (secondary N) is 1. The minimum Gasteiger partial charge on any atom is -0.280 e. The molecule has 0 atom stereocenters. The van der Waals surface area contributed by atoms with Gasteiger partial charge in [-0.15, -0.1) is 11.3 Å². The van der Waals surface area contributed by atoms with Crippen LogP contribution in [-0.2, 0) is 9.36 Å². The van der Waals surface area contributed by atoms with Crippen LogP contribution >= 0.6 is 34.9 Å². The summed E-state index contributed by atoms with van der Waals surface area (Å²) in [5, 5.41) is 3.86. The van der Waals surface area contributed by atoms with Gasteiger partial charge >= 0.3 is 7.59 Å². The van der Waals surface area contributed by atoms with Gasteiger partial charge in [0, 0.05) is 20.8 Å². The van der Waals surface area contributed by atoms with E-state index < -0.39 is 13.5 Å². The Morgan fingerprint density at radius 2 is 2.27 bits per heavy atom. The van der Waals surface area contributed by atoms with Crippen molar-refractivity contribution in [2.75, 3.05) is 0 Å². The van der Waals surface area contributed by atoms with E-state index >= 15 is 0 Å². The maximum atomic E-state index is 11.1. The Morgan fingerprint density at radius 3 is 2.73 bits per heavy atom. The van der Waals surface area contributed by atoms with Crippen molar-refractivity contribution in [3.05, 3.63) is 26.9 Å². The van der Waals surface area contributed by atoms with Gasteiger partial charge in [-0.3, -0.25) is 25.5 Å². The Bertz CT molecular complexity index is 439. The van der Waals surface area contributed by atoms with Gasteiger partial charge in [0.1, 0.15) is 0 Å². The summed E-state index contributed by atoms with van der Waals surface area (Å²) in [4.78, 5) is 12.0. The molecule has 82 valence electrons. The predicted octanol–water partition coefficient (Wildman–Crippen LogP) is 1.67. The average Bonchev–Trinajstić information content (AvgIpc) is 2.45. The highest BCUT2D eigenvalue weighted by molar-refractivity contribution is 9.10. The SMILES string of the molecule is NP(N)(=O)NC(=O)C=Cc1cc(Br)cs1. The summed E-state index contributed by atoms with van der Waals surface area (Å²) in [6.45, 7) is 0. The number of hydrogen-bond donors (Lipinski definition) is 3. The van der Waals surface area contributed by atoms with Crippen molar-refractivity contribution in [2.24, 2.45) is 11.0 Å². The van der Waals surface area contributed by atoms with E-state index in [2.05, 4.69) is 15.9 Å². The Balaban J connectivity index is 2.59. The Morgan fingerprint density at radius 1 is 1.60 bits per heavy atom. The van der Waals surface area contributed by atoms with Crippen LogP contribution in [0.25, 0.3) is 6.08 Å². The number of nitrogens with two attached hydrogens (primary N) is 2. The third kappa shape index (κ3) is 5.25. The van der Waals surface area contributed by atoms with E-state index in [-0.39, 0.29) is 0 Å². The van der Waals surface area contributed by atoms with Gasteiger partial charge < -0.3 is 0 Å². The fraction of sp³-hybridized carbons (Fsp3) is 0. The fourth-order valence-electron chi connectivity index (χ4n) is 0.783. The van der Waals surface area contributed by atoms with Gasteiger partial charge in [-0.05, 0) is 28.1 Å². The molecule has 15 heavy (non-hydrogen) atoms. The van der Waals surface area contributed by atoms with Crippen LogP contribution in [0.3, 0.4) is 0 Å². The van der Waals surface area contributed by atoms with Crippen molar-refractivity contribution in [1.82, 2.24) is 5.09 Å². The lowest BCUT2D eigenvalue weighted by atomic mass is 10.4. The Labute approximate surface area is 99.2 Å². The first-order chi connectivity index (χ1) is 6.87. The second-order valence-electron chi connectivity index (χ2n) is 2.69. The number of halogens is 1. The molecule has 1 heterocycles. The van der Waals surface area contributed by atoms with Crippen LogP contribution in [0, 0.1) is 0 Å². The first kappa shape index (κ1) is 12.6.